The molecule has 0 amide bonds. The van der Waals surface area contributed by atoms with E-state index in [0.717, 1.165) is 30.7 Å². The second-order valence-corrected chi connectivity index (χ2v) is 21.0. The summed E-state index contributed by atoms with van der Waals surface area (Å²) < 4.78 is 83.8. The lowest BCUT2D eigenvalue weighted by Gasteiger charge is -2.50. The lowest BCUT2D eigenvalue weighted by Crippen LogP contribution is -2.68. The Labute approximate surface area is 489 Å². The number of nitrogens with zero attached hydrogens (tertiary/aromatic N) is 6. The van der Waals surface area contributed by atoms with E-state index < -0.39 is 122 Å². The Hall–Kier alpha value is -7.41. The number of aryl methyl sites for hydroxylation is 1. The van der Waals surface area contributed by atoms with E-state index in [4.69, 9.17) is 61.6 Å². The maximum absolute atomic E-state index is 14.6. The summed E-state index contributed by atoms with van der Waals surface area (Å²) in [5.74, 6) is -3.12. The first-order valence-corrected chi connectivity index (χ1v) is 27.9. The number of methoxy groups -OCH3 is 1. The highest BCUT2D eigenvalue weighted by Gasteiger charge is 2.58. The van der Waals surface area contributed by atoms with Crippen LogP contribution in [-0.2, 0) is 107 Å². The van der Waals surface area contributed by atoms with Gasteiger partial charge in [-0.3, -0.25) is 14.4 Å². The first-order chi connectivity index (χ1) is 40.8. The van der Waals surface area contributed by atoms with Crippen molar-refractivity contribution in [2.45, 2.75) is 150 Å². The zero-order valence-electron chi connectivity index (χ0n) is 46.8. The highest BCUT2D eigenvalue weighted by Crippen LogP contribution is 2.41. The van der Waals surface area contributed by atoms with Crippen molar-refractivity contribution >= 4 is 35.6 Å². The molecule has 0 N–H and O–H groups in total. The maximum atomic E-state index is 14.6. The summed E-state index contributed by atoms with van der Waals surface area (Å²) in [7, 11) is 1.13. The van der Waals surface area contributed by atoms with Crippen LogP contribution >= 0.6 is 11.8 Å². The molecule has 444 valence electrons. The largest absolute Gasteiger partial charge is 0.467 e. The minimum Gasteiger partial charge on any atom is -0.467 e. The predicted molar refractivity (Wildman–Crippen MR) is 300 cm³/mol. The average molecular weight is 1180 g/mol. The molecule has 5 aromatic carbocycles. The van der Waals surface area contributed by atoms with E-state index in [2.05, 4.69) is 20.1 Å². The van der Waals surface area contributed by atoms with E-state index in [1.54, 1.807) is 0 Å². The van der Waals surface area contributed by atoms with Gasteiger partial charge in [-0.15, -0.1) is 0 Å². The van der Waals surface area contributed by atoms with Crippen molar-refractivity contribution in [2.75, 3.05) is 20.3 Å². The van der Waals surface area contributed by atoms with Gasteiger partial charge in [-0.25, -0.2) is 4.79 Å². The Kier molecular flexibility index (Phi) is 23.5. The molecule has 0 spiro atoms. The van der Waals surface area contributed by atoms with Crippen LogP contribution < -0.4 is 0 Å². The van der Waals surface area contributed by atoms with Crippen molar-refractivity contribution in [3.8, 4) is 0 Å². The summed E-state index contributed by atoms with van der Waals surface area (Å²) in [4.78, 5) is 60.0. The topological polar surface area (TPSA) is 286 Å². The standard InChI is InChI=1S/C60H66N6O17S/c1-36-26-28-44(29-27-36)84-60-48(64-66-62)52(78-39(4)69)50(46(80-60)35-73-38(3)68)81-59-56(77-33-43-24-16-9-17-25-43)53(76-32-42-22-14-8-15-23-42)54(55(83-59)57(70)71-5)82-58-47(63-65-61)51(75-31-41-20-12-7-13-21-41)49(45(79-58)34-72-37(2)67)74-30-40-18-10-6-11-19-40/h6-29,45-56,58-60H,30-35H2,1-5H3. The van der Waals surface area contributed by atoms with E-state index >= 15 is 0 Å². The number of hydrogen-bond acceptors (Lipinski definition) is 20. The second kappa shape index (κ2) is 31.5. The Bertz CT molecular complexity index is 3000. The Morgan fingerprint density at radius 1 is 0.500 bits per heavy atom. The quantitative estimate of drug-likeness (QED) is 0.0164. The molecular formula is C60H66N6O17S. The van der Waals surface area contributed by atoms with Crippen molar-refractivity contribution in [1.29, 1.82) is 0 Å². The third-order valence-electron chi connectivity index (χ3n) is 13.7. The first-order valence-electron chi connectivity index (χ1n) is 27.0. The van der Waals surface area contributed by atoms with Crippen molar-refractivity contribution in [1.82, 2.24) is 0 Å². The molecule has 24 heteroatoms. The molecule has 0 aromatic heterocycles. The van der Waals surface area contributed by atoms with E-state index in [9.17, 15) is 30.2 Å². The lowest BCUT2D eigenvalue weighted by molar-refractivity contribution is -0.366. The average Bonchev–Trinajstić information content (AvgIpc) is 2.10. The number of rotatable bonds is 26. The fourth-order valence-electron chi connectivity index (χ4n) is 9.78. The number of benzene rings is 5. The molecule has 0 radical (unpaired) electrons. The van der Waals surface area contributed by atoms with Crippen LogP contribution in [0.4, 0.5) is 0 Å². The highest BCUT2D eigenvalue weighted by molar-refractivity contribution is 7.99. The minimum atomic E-state index is -1.82. The van der Waals surface area contributed by atoms with E-state index in [1.165, 1.54) is 25.6 Å². The molecular weight excluding hydrogens is 1110 g/mol. The number of thioether (sulfide) groups is 1. The van der Waals surface area contributed by atoms with Crippen LogP contribution in [0, 0.1) is 6.92 Å². The maximum Gasteiger partial charge on any atom is 0.337 e. The third-order valence-corrected chi connectivity index (χ3v) is 14.9. The van der Waals surface area contributed by atoms with Gasteiger partial charge in [-0.1, -0.05) is 161 Å². The van der Waals surface area contributed by atoms with E-state index in [-0.39, 0.29) is 33.0 Å². The molecule has 0 aliphatic carbocycles. The van der Waals surface area contributed by atoms with Crippen molar-refractivity contribution < 1.29 is 80.8 Å². The molecule has 15 unspecified atom stereocenters. The molecule has 0 saturated carbocycles. The molecule has 3 aliphatic heterocycles. The van der Waals surface area contributed by atoms with Gasteiger partial charge in [0.15, 0.2) is 18.7 Å². The van der Waals surface area contributed by atoms with Crippen molar-refractivity contribution in [3.05, 3.63) is 194 Å². The minimum absolute atomic E-state index is 0.0146. The van der Waals surface area contributed by atoms with Gasteiger partial charge in [0.25, 0.3) is 0 Å². The van der Waals surface area contributed by atoms with Crippen LogP contribution in [0.3, 0.4) is 0 Å². The lowest BCUT2D eigenvalue weighted by atomic mass is 9.94. The molecule has 3 fully saturated rings. The van der Waals surface area contributed by atoms with Gasteiger partial charge in [-0.2, -0.15) is 0 Å². The zero-order chi connectivity index (χ0) is 59.4. The number of esters is 4. The summed E-state index contributed by atoms with van der Waals surface area (Å²) in [5, 5.41) is 8.32. The number of carbonyl (C=O) groups excluding carboxylic acids is 4. The third kappa shape index (κ3) is 17.3. The number of azide groups is 2. The first kappa shape index (κ1) is 62.6. The van der Waals surface area contributed by atoms with E-state index in [0.29, 0.717) is 16.0 Å². The van der Waals surface area contributed by atoms with Crippen LogP contribution in [0.25, 0.3) is 20.9 Å². The fourth-order valence-corrected chi connectivity index (χ4v) is 10.9. The fraction of sp³-hybridized carbons (Fsp3) is 0.433. The zero-order valence-corrected chi connectivity index (χ0v) is 47.6. The normalized spacial score (nSPS) is 27.4. The van der Waals surface area contributed by atoms with E-state index in [1.807, 2.05) is 153 Å². The molecule has 3 heterocycles. The SMILES string of the molecule is COC(=O)C1OC(OC2C(COC(C)=O)OC(Sc3ccc(C)cc3)C(N=[N+]=[N-])C2OC(C)=O)C(OCc2ccccc2)C(OCc2ccccc2)C1OC1OC(COC(C)=O)C(OCc2ccccc2)C(OCc2ccccc2)C1N=[N+]=[N-]. The molecule has 3 aliphatic rings. The van der Waals surface area contributed by atoms with Crippen LogP contribution in [0.15, 0.2) is 161 Å². The van der Waals surface area contributed by atoms with Gasteiger partial charge in [0.05, 0.1) is 33.5 Å². The molecule has 5 aromatic rings. The molecule has 84 heavy (non-hydrogen) atoms. The summed E-state index contributed by atoms with van der Waals surface area (Å²) in [6, 6.07) is 41.4. The van der Waals surface area contributed by atoms with Crippen molar-refractivity contribution in [2.24, 2.45) is 10.2 Å². The van der Waals surface area contributed by atoms with Gasteiger partial charge >= 0.3 is 23.9 Å². The number of ether oxygens (including phenoxy) is 13. The Morgan fingerprint density at radius 3 is 1.43 bits per heavy atom. The van der Waals surface area contributed by atoms with Gasteiger partial charge in [0, 0.05) is 35.5 Å². The van der Waals surface area contributed by atoms with Gasteiger partial charge in [0.2, 0.25) is 0 Å². The van der Waals surface area contributed by atoms with Crippen LogP contribution in [0.5, 0.6) is 0 Å². The van der Waals surface area contributed by atoms with Crippen LogP contribution in [-0.4, -0.2) is 135 Å². The highest BCUT2D eigenvalue weighted by atomic mass is 32.2. The smallest absolute Gasteiger partial charge is 0.337 e. The van der Waals surface area contributed by atoms with Gasteiger partial charge in [-0.05, 0) is 52.4 Å². The second-order valence-electron chi connectivity index (χ2n) is 19.8. The molecule has 3 saturated heterocycles. The Morgan fingerprint density at radius 2 is 0.952 bits per heavy atom. The number of hydrogen-bond donors (Lipinski definition) is 0. The molecule has 15 atom stereocenters. The van der Waals surface area contributed by atoms with Crippen LogP contribution in [0.2, 0.25) is 0 Å². The molecule has 0 bridgehead atoms. The number of carbonyl (C=O) groups is 4. The van der Waals surface area contributed by atoms with Crippen molar-refractivity contribution in [3.63, 3.8) is 0 Å². The molecule has 8 rings (SSSR count). The summed E-state index contributed by atoms with van der Waals surface area (Å²) in [6.45, 7) is 4.43. The molecule has 23 nitrogen and oxygen atoms in total. The summed E-state index contributed by atoms with van der Waals surface area (Å²) in [5.41, 5.74) is 23.3. The monoisotopic (exact) mass is 1170 g/mol. The van der Waals surface area contributed by atoms with Gasteiger partial charge < -0.3 is 61.6 Å². The predicted octanol–water partition coefficient (Wildman–Crippen LogP) is 8.96. The summed E-state index contributed by atoms with van der Waals surface area (Å²) >= 11 is 1.17. The Balaban J connectivity index is 1.24. The van der Waals surface area contributed by atoms with Gasteiger partial charge in [0.1, 0.15) is 85.7 Å². The summed E-state index contributed by atoms with van der Waals surface area (Å²) in [6.07, 6.45) is -17.4. The van der Waals surface area contributed by atoms with Crippen LogP contribution in [0.1, 0.15) is 48.6 Å².